The van der Waals surface area contributed by atoms with Crippen LogP contribution in [0.1, 0.15) is 33.8 Å². The number of rotatable bonds is 5. The third kappa shape index (κ3) is 3.65. The van der Waals surface area contributed by atoms with E-state index in [-0.39, 0.29) is 5.91 Å². The van der Waals surface area contributed by atoms with Gasteiger partial charge in [0.25, 0.3) is 5.91 Å². The Hall–Kier alpha value is -3.64. The first-order valence-electron chi connectivity index (χ1n) is 9.55. The molecule has 3 aromatic carbocycles. The van der Waals surface area contributed by atoms with Gasteiger partial charge < -0.3 is 14.6 Å². The lowest BCUT2D eigenvalue weighted by Crippen LogP contribution is -2.36. The number of aliphatic carboxylic acids is 1. The van der Waals surface area contributed by atoms with Crippen LogP contribution in [0.4, 0.5) is 0 Å². The molecule has 1 amide bonds. The number of amides is 1. The number of methoxy groups -OCH3 is 1. The van der Waals surface area contributed by atoms with E-state index in [1.54, 1.807) is 55.6 Å². The third-order valence-electron chi connectivity index (χ3n) is 5.16. The average molecular weight is 403 g/mol. The first-order chi connectivity index (χ1) is 14.6. The molecule has 0 saturated carbocycles. The Morgan fingerprint density at radius 1 is 0.867 bits per heavy atom. The molecule has 1 N–H and O–H groups in total. The molecule has 0 aliphatic carbocycles. The molecule has 0 radical (unpaired) electrons. The summed E-state index contributed by atoms with van der Waals surface area (Å²) < 4.78 is 11.2. The zero-order valence-corrected chi connectivity index (χ0v) is 16.3. The van der Waals surface area contributed by atoms with E-state index < -0.39 is 24.3 Å². The van der Waals surface area contributed by atoms with E-state index in [1.165, 1.54) is 4.90 Å². The Labute approximate surface area is 174 Å². The highest BCUT2D eigenvalue weighted by atomic mass is 16.6. The fourth-order valence-electron chi connectivity index (χ4n) is 3.72. The van der Waals surface area contributed by atoms with Gasteiger partial charge >= 0.3 is 5.97 Å². The van der Waals surface area contributed by atoms with E-state index in [2.05, 4.69) is 0 Å². The van der Waals surface area contributed by atoms with E-state index in [0.717, 1.165) is 0 Å². The summed E-state index contributed by atoms with van der Waals surface area (Å²) in [4.78, 5) is 27.1. The highest BCUT2D eigenvalue weighted by Crippen LogP contribution is 2.44. The number of hydrogen-bond acceptors (Lipinski definition) is 4. The first kappa shape index (κ1) is 19.7. The lowest BCUT2D eigenvalue weighted by molar-refractivity contribution is -0.150. The highest BCUT2D eigenvalue weighted by Gasteiger charge is 2.49. The van der Waals surface area contributed by atoms with Gasteiger partial charge in [-0.05, 0) is 29.8 Å². The van der Waals surface area contributed by atoms with Gasteiger partial charge in [-0.25, -0.2) is 4.79 Å². The lowest BCUT2D eigenvalue weighted by Gasteiger charge is -2.29. The highest BCUT2D eigenvalue weighted by molar-refractivity contribution is 5.95. The molecule has 0 spiro atoms. The molecule has 6 nitrogen and oxygen atoms in total. The molecule has 0 aromatic heterocycles. The van der Waals surface area contributed by atoms with Gasteiger partial charge in [-0.1, -0.05) is 60.7 Å². The molecule has 1 heterocycles. The number of nitrogens with zero attached hydrogens (tertiary/aromatic N) is 1. The molecular formula is C24H21NO5. The van der Waals surface area contributed by atoms with Crippen LogP contribution in [-0.4, -0.2) is 35.1 Å². The Balaban J connectivity index is 1.83. The minimum Gasteiger partial charge on any atom is -0.497 e. The molecule has 152 valence electrons. The fraction of sp³-hybridized carbons (Fsp3) is 0.167. The van der Waals surface area contributed by atoms with Crippen LogP contribution in [-0.2, 0) is 9.53 Å². The summed E-state index contributed by atoms with van der Waals surface area (Å²) in [7, 11) is 1.57. The van der Waals surface area contributed by atoms with Crippen LogP contribution in [0.25, 0.3) is 0 Å². The van der Waals surface area contributed by atoms with Gasteiger partial charge in [-0.2, -0.15) is 0 Å². The van der Waals surface area contributed by atoms with Crippen LogP contribution in [0, 0.1) is 0 Å². The number of carbonyl (C=O) groups excluding carboxylic acids is 1. The quantitative estimate of drug-likeness (QED) is 0.695. The van der Waals surface area contributed by atoms with E-state index in [1.807, 2.05) is 36.4 Å². The Morgan fingerprint density at radius 2 is 1.47 bits per heavy atom. The molecule has 1 fully saturated rings. The van der Waals surface area contributed by atoms with Crippen molar-refractivity contribution in [1.82, 2.24) is 4.90 Å². The summed E-state index contributed by atoms with van der Waals surface area (Å²) in [5.74, 6) is -0.758. The summed E-state index contributed by atoms with van der Waals surface area (Å²) in [6.45, 7) is 0. The summed E-state index contributed by atoms with van der Waals surface area (Å²) in [5, 5.41) is 9.88. The average Bonchev–Trinajstić information content (AvgIpc) is 3.21. The van der Waals surface area contributed by atoms with Gasteiger partial charge in [-0.15, -0.1) is 0 Å². The van der Waals surface area contributed by atoms with Crippen LogP contribution in [0.3, 0.4) is 0 Å². The zero-order chi connectivity index (χ0) is 21.1. The molecule has 4 rings (SSSR count). The minimum atomic E-state index is -1.20. The Kier molecular flexibility index (Phi) is 5.50. The zero-order valence-electron chi connectivity index (χ0n) is 16.3. The number of hydrogen-bond donors (Lipinski definition) is 1. The van der Waals surface area contributed by atoms with E-state index in [9.17, 15) is 14.7 Å². The van der Waals surface area contributed by atoms with Gasteiger partial charge in [-0.3, -0.25) is 9.69 Å². The maximum Gasteiger partial charge on any atom is 0.335 e. The predicted molar refractivity (Wildman–Crippen MR) is 110 cm³/mol. The molecule has 1 saturated heterocycles. The predicted octanol–water partition coefficient (Wildman–Crippen LogP) is 4.06. The van der Waals surface area contributed by atoms with E-state index in [4.69, 9.17) is 9.47 Å². The van der Waals surface area contributed by atoms with Crippen LogP contribution >= 0.6 is 0 Å². The van der Waals surface area contributed by atoms with Gasteiger partial charge in [0, 0.05) is 11.1 Å². The molecule has 1 aliphatic heterocycles. The van der Waals surface area contributed by atoms with Gasteiger partial charge in [0.1, 0.15) is 5.75 Å². The van der Waals surface area contributed by atoms with E-state index >= 15 is 0 Å². The van der Waals surface area contributed by atoms with Crippen molar-refractivity contribution in [2.24, 2.45) is 0 Å². The Bertz CT molecular complexity index is 1020. The topological polar surface area (TPSA) is 76.1 Å². The SMILES string of the molecule is COc1ccc(C2O[C@H](C(=O)O)[C@@H](c3ccccc3)N2C(=O)c2ccccc2)cc1. The van der Waals surface area contributed by atoms with Gasteiger partial charge in [0.15, 0.2) is 12.3 Å². The molecule has 3 aromatic rings. The Morgan fingerprint density at radius 3 is 2.03 bits per heavy atom. The van der Waals surface area contributed by atoms with Gasteiger partial charge in [0.05, 0.1) is 13.2 Å². The second kappa shape index (κ2) is 8.39. The number of carboxylic acid groups (broad SMARTS) is 1. The number of benzene rings is 3. The second-order valence-corrected chi connectivity index (χ2v) is 6.95. The molecule has 3 atom stereocenters. The maximum absolute atomic E-state index is 13.5. The standard InChI is InChI=1S/C24H21NO5/c1-29-19-14-12-18(13-15-19)23-25(22(26)17-10-6-3-7-11-17)20(21(30-23)24(27)28)16-8-4-2-5-9-16/h2-15,20-21,23H,1H3,(H,27,28)/t20-,21+,23?/m1/s1. The number of ether oxygens (including phenoxy) is 2. The van der Waals surface area contributed by atoms with Crippen LogP contribution < -0.4 is 4.74 Å². The van der Waals surface area contributed by atoms with Crippen molar-refractivity contribution in [3.05, 3.63) is 102 Å². The normalized spacial score (nSPS) is 20.7. The lowest BCUT2D eigenvalue weighted by atomic mass is 9.99. The minimum absolute atomic E-state index is 0.297. The van der Waals surface area contributed by atoms with Gasteiger partial charge in [0.2, 0.25) is 0 Å². The van der Waals surface area contributed by atoms with Crippen LogP contribution in [0.5, 0.6) is 5.75 Å². The van der Waals surface area contributed by atoms with Crippen molar-refractivity contribution in [3.63, 3.8) is 0 Å². The summed E-state index contributed by atoms with van der Waals surface area (Å²) in [6, 6.07) is 24.2. The summed E-state index contributed by atoms with van der Waals surface area (Å²) in [6.07, 6.45) is -2.05. The largest absolute Gasteiger partial charge is 0.497 e. The van der Waals surface area contributed by atoms with Crippen molar-refractivity contribution < 1.29 is 24.2 Å². The van der Waals surface area contributed by atoms with Crippen molar-refractivity contribution in [3.8, 4) is 5.75 Å². The summed E-state index contributed by atoms with van der Waals surface area (Å²) in [5.41, 5.74) is 1.83. The summed E-state index contributed by atoms with van der Waals surface area (Å²) >= 11 is 0. The van der Waals surface area contributed by atoms with Crippen LogP contribution in [0.15, 0.2) is 84.9 Å². The molecule has 0 bridgehead atoms. The molecular weight excluding hydrogens is 382 g/mol. The molecule has 6 heteroatoms. The number of carboxylic acids is 1. The molecule has 30 heavy (non-hydrogen) atoms. The molecule has 1 aliphatic rings. The second-order valence-electron chi connectivity index (χ2n) is 6.95. The smallest absolute Gasteiger partial charge is 0.335 e. The van der Waals surface area contributed by atoms with Crippen molar-refractivity contribution >= 4 is 11.9 Å². The monoisotopic (exact) mass is 403 g/mol. The number of carbonyl (C=O) groups is 2. The van der Waals surface area contributed by atoms with Crippen molar-refractivity contribution in [2.45, 2.75) is 18.4 Å². The van der Waals surface area contributed by atoms with E-state index in [0.29, 0.717) is 22.4 Å². The van der Waals surface area contributed by atoms with Crippen LogP contribution in [0.2, 0.25) is 0 Å². The fourth-order valence-corrected chi connectivity index (χ4v) is 3.72. The molecule has 1 unspecified atom stereocenters. The van der Waals surface area contributed by atoms with Crippen molar-refractivity contribution in [2.75, 3.05) is 7.11 Å². The first-order valence-corrected chi connectivity index (χ1v) is 9.55. The van der Waals surface area contributed by atoms with Crippen molar-refractivity contribution in [1.29, 1.82) is 0 Å². The maximum atomic E-state index is 13.5. The third-order valence-corrected chi connectivity index (χ3v) is 5.16.